The van der Waals surface area contributed by atoms with E-state index in [0.29, 0.717) is 0 Å². The molecule has 1 aromatic heterocycles. The van der Waals surface area contributed by atoms with E-state index >= 15 is 0 Å². The van der Waals surface area contributed by atoms with Gasteiger partial charge in [0.1, 0.15) is 0 Å². The van der Waals surface area contributed by atoms with Crippen molar-refractivity contribution in [2.45, 2.75) is 27.7 Å². The number of allylic oxidation sites excluding steroid dienone is 3. The first-order chi connectivity index (χ1) is 8.78. The number of hydrogen-bond donors (Lipinski definition) is 1. The summed E-state index contributed by atoms with van der Waals surface area (Å²) in [6.07, 6.45) is 11.9. The molecular formula is C16H24N2. The van der Waals surface area contributed by atoms with Gasteiger partial charge in [-0.05, 0) is 26.0 Å². The maximum Gasteiger partial charge on any atom is 0.0661 e. The average Bonchev–Trinajstić information content (AvgIpc) is 2.82. The first-order valence-electron chi connectivity index (χ1n) is 6.34. The zero-order valence-electron chi connectivity index (χ0n) is 12.1. The lowest BCUT2D eigenvalue weighted by Gasteiger charge is -2.00. The van der Waals surface area contributed by atoms with Crippen LogP contribution in [0.4, 0.5) is 0 Å². The second kappa shape index (κ2) is 9.23. The molecule has 1 N–H and O–H groups in total. The van der Waals surface area contributed by atoms with Crippen LogP contribution in [0.5, 0.6) is 0 Å². The zero-order chi connectivity index (χ0) is 14.0. The molecule has 0 bridgehead atoms. The average molecular weight is 244 g/mol. The molecule has 0 fully saturated rings. The minimum atomic E-state index is 0.972. The summed E-state index contributed by atoms with van der Waals surface area (Å²) in [5.74, 6) is 0. The van der Waals surface area contributed by atoms with Crippen molar-refractivity contribution in [3.05, 3.63) is 47.8 Å². The van der Waals surface area contributed by atoms with Gasteiger partial charge < -0.3 is 4.98 Å². The Balaban J connectivity index is 0.00000137. The number of aromatic nitrogens is 1. The molecule has 0 atom stereocenters. The van der Waals surface area contributed by atoms with Crippen molar-refractivity contribution in [1.29, 1.82) is 0 Å². The van der Waals surface area contributed by atoms with Gasteiger partial charge in [-0.25, -0.2) is 0 Å². The molecule has 0 saturated heterocycles. The summed E-state index contributed by atoms with van der Waals surface area (Å²) < 4.78 is 0. The van der Waals surface area contributed by atoms with Crippen LogP contribution in [0.25, 0.3) is 12.2 Å². The van der Waals surface area contributed by atoms with E-state index in [1.807, 2.05) is 58.2 Å². The van der Waals surface area contributed by atoms with Crippen LogP contribution in [-0.2, 0) is 0 Å². The largest absolute Gasteiger partial charge is 0.361 e. The van der Waals surface area contributed by atoms with E-state index in [0.717, 1.165) is 22.5 Å². The second-order valence-corrected chi connectivity index (χ2v) is 3.34. The summed E-state index contributed by atoms with van der Waals surface area (Å²) in [6, 6.07) is 0. The third kappa shape index (κ3) is 3.88. The highest BCUT2D eigenvalue weighted by Gasteiger charge is 2.09. The van der Waals surface area contributed by atoms with Crippen molar-refractivity contribution in [3.8, 4) is 0 Å². The fourth-order valence-electron chi connectivity index (χ4n) is 1.62. The molecule has 0 unspecified atom stereocenters. The van der Waals surface area contributed by atoms with E-state index in [1.165, 1.54) is 0 Å². The Bertz CT molecular complexity index is 446. The first kappa shape index (κ1) is 16.2. The molecule has 1 heterocycles. The monoisotopic (exact) mass is 244 g/mol. The van der Waals surface area contributed by atoms with Crippen molar-refractivity contribution in [3.63, 3.8) is 0 Å². The van der Waals surface area contributed by atoms with Gasteiger partial charge in [-0.1, -0.05) is 38.7 Å². The minimum Gasteiger partial charge on any atom is -0.361 e. The summed E-state index contributed by atoms with van der Waals surface area (Å²) in [4.78, 5) is 7.48. The van der Waals surface area contributed by atoms with Gasteiger partial charge in [-0.2, -0.15) is 0 Å². The van der Waals surface area contributed by atoms with Crippen molar-refractivity contribution in [1.82, 2.24) is 4.98 Å². The van der Waals surface area contributed by atoms with Crippen LogP contribution >= 0.6 is 0 Å². The SMILES string of the molecule is C=Cc1[nH]cc(C(/C=C\C)=NC)c1/C=C\C.CC. The van der Waals surface area contributed by atoms with Crippen molar-refractivity contribution in [2.24, 2.45) is 4.99 Å². The molecule has 0 aromatic carbocycles. The van der Waals surface area contributed by atoms with Gasteiger partial charge in [0.2, 0.25) is 0 Å². The predicted octanol–water partition coefficient (Wildman–Crippen LogP) is 4.71. The van der Waals surface area contributed by atoms with Gasteiger partial charge in [-0.3, -0.25) is 4.99 Å². The molecule has 0 aliphatic carbocycles. The molecule has 2 nitrogen and oxygen atoms in total. The Morgan fingerprint density at radius 1 is 1.28 bits per heavy atom. The van der Waals surface area contributed by atoms with E-state index < -0.39 is 0 Å². The topological polar surface area (TPSA) is 28.1 Å². The fraction of sp³-hybridized carbons (Fsp3) is 0.312. The van der Waals surface area contributed by atoms with Gasteiger partial charge in [0.25, 0.3) is 0 Å². The van der Waals surface area contributed by atoms with Crippen LogP contribution in [0.15, 0.2) is 36.0 Å². The van der Waals surface area contributed by atoms with E-state index in [4.69, 9.17) is 0 Å². The van der Waals surface area contributed by atoms with Gasteiger partial charge in [0.05, 0.1) is 5.71 Å². The number of nitrogens with zero attached hydrogens (tertiary/aromatic N) is 1. The van der Waals surface area contributed by atoms with Gasteiger partial charge in [0.15, 0.2) is 0 Å². The summed E-state index contributed by atoms with van der Waals surface area (Å²) in [7, 11) is 1.80. The van der Waals surface area contributed by atoms with Gasteiger partial charge in [-0.15, -0.1) is 0 Å². The standard InChI is InChI=1S/C14H18N2.C2H6/c1-5-8-11-12(10-16-13(11)7-3)14(15-4)9-6-2;1-2/h5-10,16H,3H2,1-2,4H3;1-2H3/b8-5-,9-6-,15-14?;. The second-order valence-electron chi connectivity index (χ2n) is 3.34. The number of nitrogens with one attached hydrogen (secondary N) is 1. The van der Waals surface area contributed by atoms with E-state index in [-0.39, 0.29) is 0 Å². The molecule has 1 aromatic rings. The number of hydrogen-bond acceptors (Lipinski definition) is 1. The third-order valence-electron chi connectivity index (χ3n) is 2.33. The van der Waals surface area contributed by atoms with Crippen LogP contribution in [0.2, 0.25) is 0 Å². The Kier molecular flexibility index (Phi) is 8.29. The quantitative estimate of drug-likeness (QED) is 0.743. The highest BCUT2D eigenvalue weighted by molar-refractivity contribution is 6.11. The number of aliphatic imine (C=N–C) groups is 1. The number of aromatic amines is 1. The lowest BCUT2D eigenvalue weighted by Crippen LogP contribution is -1.97. The summed E-state index contributed by atoms with van der Waals surface area (Å²) in [5, 5.41) is 0. The van der Waals surface area contributed by atoms with E-state index in [1.54, 1.807) is 7.05 Å². The molecule has 0 spiro atoms. The molecule has 18 heavy (non-hydrogen) atoms. The molecule has 2 heteroatoms. The molecule has 0 amide bonds. The molecule has 0 aliphatic heterocycles. The van der Waals surface area contributed by atoms with Crippen molar-refractivity contribution < 1.29 is 0 Å². The predicted molar refractivity (Wildman–Crippen MR) is 84.2 cm³/mol. The van der Waals surface area contributed by atoms with Crippen LogP contribution in [0, 0.1) is 0 Å². The van der Waals surface area contributed by atoms with Crippen molar-refractivity contribution >= 4 is 17.9 Å². The highest BCUT2D eigenvalue weighted by atomic mass is 14.7. The normalized spacial score (nSPS) is 11.7. The van der Waals surface area contributed by atoms with Gasteiger partial charge >= 0.3 is 0 Å². The van der Waals surface area contributed by atoms with Crippen LogP contribution in [0.3, 0.4) is 0 Å². The Labute approximate surface area is 111 Å². The molecule has 98 valence electrons. The summed E-state index contributed by atoms with van der Waals surface area (Å²) >= 11 is 0. The summed E-state index contributed by atoms with van der Waals surface area (Å²) in [5.41, 5.74) is 4.24. The Morgan fingerprint density at radius 2 is 1.94 bits per heavy atom. The van der Waals surface area contributed by atoms with E-state index in [9.17, 15) is 0 Å². The molecule has 1 rings (SSSR count). The smallest absolute Gasteiger partial charge is 0.0661 e. The minimum absolute atomic E-state index is 0.972. The third-order valence-corrected chi connectivity index (χ3v) is 2.33. The Hall–Kier alpha value is -1.83. The molecule has 0 aliphatic rings. The maximum absolute atomic E-state index is 4.28. The van der Waals surface area contributed by atoms with Crippen molar-refractivity contribution in [2.75, 3.05) is 7.05 Å². The zero-order valence-corrected chi connectivity index (χ0v) is 12.1. The maximum atomic E-state index is 4.28. The molecular weight excluding hydrogens is 220 g/mol. The number of H-pyrrole nitrogens is 1. The Morgan fingerprint density at radius 3 is 2.39 bits per heavy atom. The first-order valence-corrected chi connectivity index (χ1v) is 6.34. The lowest BCUT2D eigenvalue weighted by atomic mass is 10.1. The van der Waals surface area contributed by atoms with Crippen LogP contribution in [-0.4, -0.2) is 17.7 Å². The van der Waals surface area contributed by atoms with Gasteiger partial charge in [0, 0.05) is 30.1 Å². The van der Waals surface area contributed by atoms with Crippen LogP contribution in [0.1, 0.15) is 44.5 Å². The summed E-state index contributed by atoms with van der Waals surface area (Å²) in [6.45, 7) is 11.8. The van der Waals surface area contributed by atoms with Crippen LogP contribution < -0.4 is 0 Å². The van der Waals surface area contributed by atoms with E-state index in [2.05, 4.69) is 22.6 Å². The molecule has 0 radical (unpaired) electrons. The number of rotatable bonds is 4. The highest BCUT2D eigenvalue weighted by Crippen LogP contribution is 2.18. The lowest BCUT2D eigenvalue weighted by molar-refractivity contribution is 1.37. The molecule has 0 saturated carbocycles. The fourth-order valence-corrected chi connectivity index (χ4v) is 1.62.